The fourth-order valence-corrected chi connectivity index (χ4v) is 1.81. The summed E-state index contributed by atoms with van der Waals surface area (Å²) in [4.78, 5) is 4.43. The van der Waals surface area contributed by atoms with Crippen LogP contribution in [-0.2, 0) is 0 Å². The van der Waals surface area contributed by atoms with E-state index >= 15 is 0 Å². The first kappa shape index (κ1) is 7.70. The van der Waals surface area contributed by atoms with Gasteiger partial charge in [-0.1, -0.05) is 6.08 Å². The van der Waals surface area contributed by atoms with Crippen molar-refractivity contribution in [3.63, 3.8) is 0 Å². The van der Waals surface area contributed by atoms with E-state index in [-0.39, 0.29) is 6.04 Å². The van der Waals surface area contributed by atoms with Crippen LogP contribution in [0.1, 0.15) is 0 Å². The van der Waals surface area contributed by atoms with Crippen LogP contribution in [0.2, 0.25) is 0 Å². The van der Waals surface area contributed by atoms with Gasteiger partial charge in [0.05, 0.1) is 24.1 Å². The van der Waals surface area contributed by atoms with E-state index in [1.807, 2.05) is 24.4 Å². The molecule has 1 atom stereocenters. The Bertz CT molecular complexity index is 412. The molecule has 0 saturated heterocycles. The molecule has 1 aliphatic carbocycles. The van der Waals surface area contributed by atoms with Crippen LogP contribution in [0.4, 0.5) is 0 Å². The molecule has 0 bridgehead atoms. The van der Waals surface area contributed by atoms with Gasteiger partial charge in [-0.3, -0.25) is 15.7 Å². The molecule has 2 aliphatic heterocycles. The third-order valence-corrected chi connectivity index (χ3v) is 2.47. The van der Waals surface area contributed by atoms with Gasteiger partial charge in [0.25, 0.3) is 0 Å². The Labute approximate surface area is 81.8 Å². The lowest BCUT2D eigenvalue weighted by Gasteiger charge is -2.17. The maximum absolute atomic E-state index is 4.43. The number of hydrazone groups is 1. The van der Waals surface area contributed by atoms with Crippen LogP contribution in [0.5, 0.6) is 0 Å². The number of aliphatic imine (C=N–C) groups is 1. The van der Waals surface area contributed by atoms with Gasteiger partial charge >= 0.3 is 0 Å². The van der Waals surface area contributed by atoms with Crippen molar-refractivity contribution in [2.45, 2.75) is 6.04 Å². The highest BCUT2D eigenvalue weighted by molar-refractivity contribution is 6.32. The molecule has 0 amide bonds. The Morgan fingerprint density at radius 1 is 1.43 bits per heavy atom. The Morgan fingerprint density at radius 2 is 2.43 bits per heavy atom. The number of rotatable bonds is 0. The average molecular weight is 186 g/mol. The third kappa shape index (κ3) is 1.04. The van der Waals surface area contributed by atoms with Crippen LogP contribution >= 0.6 is 0 Å². The van der Waals surface area contributed by atoms with E-state index in [9.17, 15) is 0 Å². The Hall–Kier alpha value is -1.68. The van der Waals surface area contributed by atoms with Crippen molar-refractivity contribution in [1.29, 1.82) is 0 Å². The van der Waals surface area contributed by atoms with Gasteiger partial charge in [0.15, 0.2) is 0 Å². The van der Waals surface area contributed by atoms with Crippen molar-refractivity contribution < 1.29 is 0 Å². The van der Waals surface area contributed by atoms with Gasteiger partial charge in [0.1, 0.15) is 0 Å². The van der Waals surface area contributed by atoms with Gasteiger partial charge in [0.2, 0.25) is 0 Å². The molecule has 1 unspecified atom stereocenters. The van der Waals surface area contributed by atoms with Crippen LogP contribution in [0.15, 0.2) is 46.2 Å². The minimum atomic E-state index is 0.270. The largest absolute Gasteiger partial charge is 0.287 e. The molecule has 4 heteroatoms. The zero-order valence-electron chi connectivity index (χ0n) is 7.57. The van der Waals surface area contributed by atoms with Crippen LogP contribution in [-0.4, -0.2) is 24.1 Å². The maximum atomic E-state index is 4.43. The van der Waals surface area contributed by atoms with E-state index in [0.29, 0.717) is 6.67 Å². The van der Waals surface area contributed by atoms with Gasteiger partial charge in [-0.15, -0.1) is 0 Å². The Balaban J connectivity index is 2.14. The van der Waals surface area contributed by atoms with Crippen molar-refractivity contribution in [3.05, 3.63) is 36.1 Å². The number of hydrogen-bond acceptors (Lipinski definition) is 4. The van der Waals surface area contributed by atoms with Gasteiger partial charge < -0.3 is 0 Å². The number of nitrogens with one attached hydrogen (secondary N) is 2. The summed E-state index contributed by atoms with van der Waals surface area (Å²) in [6, 6.07) is 0.270. The van der Waals surface area contributed by atoms with Crippen LogP contribution in [0.3, 0.4) is 0 Å². The van der Waals surface area contributed by atoms with Crippen LogP contribution in [0, 0.1) is 0 Å². The SMILES string of the molecule is C1=CNN=C2C=CC3NCN=C3C2=C1. The summed E-state index contributed by atoms with van der Waals surface area (Å²) in [7, 11) is 0. The Kier molecular flexibility index (Phi) is 1.61. The highest BCUT2D eigenvalue weighted by Gasteiger charge is 2.27. The molecule has 0 aromatic rings. The summed E-state index contributed by atoms with van der Waals surface area (Å²) < 4.78 is 0. The predicted molar refractivity (Wildman–Crippen MR) is 56.2 cm³/mol. The first-order chi connectivity index (χ1) is 6.95. The molecule has 0 radical (unpaired) electrons. The first-order valence-electron chi connectivity index (χ1n) is 4.62. The smallest absolute Gasteiger partial charge is 0.0921 e. The molecule has 70 valence electrons. The quantitative estimate of drug-likeness (QED) is 0.572. The van der Waals surface area contributed by atoms with E-state index < -0.39 is 0 Å². The molecule has 14 heavy (non-hydrogen) atoms. The second-order valence-electron chi connectivity index (χ2n) is 3.31. The summed E-state index contributed by atoms with van der Waals surface area (Å²) in [5.74, 6) is 0. The molecule has 3 rings (SSSR count). The van der Waals surface area contributed by atoms with E-state index in [0.717, 1.165) is 17.0 Å². The van der Waals surface area contributed by atoms with Crippen LogP contribution < -0.4 is 10.7 Å². The van der Waals surface area contributed by atoms with Crippen LogP contribution in [0.25, 0.3) is 0 Å². The maximum Gasteiger partial charge on any atom is 0.0921 e. The van der Waals surface area contributed by atoms with Gasteiger partial charge in [-0.2, -0.15) is 5.10 Å². The predicted octanol–water partition coefficient (Wildman–Crippen LogP) is 0.326. The standard InChI is InChI=1S/C10H10N4/c1-2-7-8(14-13-5-1)3-4-9-10(7)12-6-11-9/h1-5,9,11,13H,6H2. The number of allylic oxidation sites excluding steroid dienone is 3. The third-order valence-electron chi connectivity index (χ3n) is 2.47. The van der Waals surface area contributed by atoms with Crippen molar-refractivity contribution in [3.8, 4) is 0 Å². The van der Waals surface area contributed by atoms with Gasteiger partial charge in [0, 0.05) is 11.8 Å². The normalized spacial score (nSPS) is 28.0. The summed E-state index contributed by atoms with van der Waals surface area (Å²) in [5.41, 5.74) is 6.02. The fourth-order valence-electron chi connectivity index (χ4n) is 1.81. The minimum absolute atomic E-state index is 0.270. The molecule has 0 saturated carbocycles. The lowest BCUT2D eigenvalue weighted by atomic mass is 9.93. The highest BCUT2D eigenvalue weighted by Crippen LogP contribution is 2.18. The zero-order valence-corrected chi connectivity index (χ0v) is 7.57. The highest BCUT2D eigenvalue weighted by atomic mass is 15.3. The molecule has 0 aromatic carbocycles. The van der Waals surface area contributed by atoms with Crippen molar-refractivity contribution >= 4 is 11.4 Å². The second-order valence-corrected chi connectivity index (χ2v) is 3.31. The molecular formula is C10H10N4. The van der Waals surface area contributed by atoms with Crippen molar-refractivity contribution in [2.24, 2.45) is 10.1 Å². The Morgan fingerprint density at radius 3 is 3.43 bits per heavy atom. The number of fused-ring (bicyclic) bond motifs is 3. The average Bonchev–Trinajstić information content (AvgIpc) is 2.55. The molecule has 2 N–H and O–H groups in total. The monoisotopic (exact) mass is 186 g/mol. The van der Waals surface area contributed by atoms with Gasteiger partial charge in [-0.25, -0.2) is 0 Å². The van der Waals surface area contributed by atoms with E-state index in [1.165, 1.54) is 0 Å². The zero-order chi connectivity index (χ0) is 9.38. The van der Waals surface area contributed by atoms with Crippen molar-refractivity contribution in [1.82, 2.24) is 10.7 Å². The minimum Gasteiger partial charge on any atom is -0.287 e. The molecule has 4 nitrogen and oxygen atoms in total. The molecule has 0 aromatic heterocycles. The molecule has 0 spiro atoms. The summed E-state index contributed by atoms with van der Waals surface area (Å²) >= 11 is 0. The molecule has 0 fully saturated rings. The van der Waals surface area contributed by atoms with E-state index in [4.69, 9.17) is 0 Å². The van der Waals surface area contributed by atoms with Crippen molar-refractivity contribution in [2.75, 3.05) is 6.67 Å². The number of hydrogen-bond donors (Lipinski definition) is 2. The summed E-state index contributed by atoms with van der Waals surface area (Å²) in [6.07, 6.45) is 9.91. The van der Waals surface area contributed by atoms with E-state index in [2.05, 4.69) is 26.9 Å². The lowest BCUT2D eigenvalue weighted by Crippen LogP contribution is -2.34. The number of nitrogens with zero attached hydrogens (tertiary/aromatic N) is 2. The molecular weight excluding hydrogens is 176 g/mol. The van der Waals surface area contributed by atoms with E-state index in [1.54, 1.807) is 0 Å². The first-order valence-corrected chi connectivity index (χ1v) is 4.62. The summed E-state index contributed by atoms with van der Waals surface area (Å²) in [6.45, 7) is 0.700. The molecule has 3 aliphatic rings. The lowest BCUT2D eigenvalue weighted by molar-refractivity contribution is 0.770. The topological polar surface area (TPSA) is 48.8 Å². The summed E-state index contributed by atoms with van der Waals surface area (Å²) in [5, 5.41) is 7.50. The fraction of sp³-hybridized carbons (Fsp3) is 0.200. The second kappa shape index (κ2) is 2.92. The van der Waals surface area contributed by atoms with Gasteiger partial charge in [-0.05, 0) is 18.2 Å². The molecule has 2 heterocycles.